The molecule has 1 rings (SSSR count). The smallest absolute Gasteiger partial charge is 0.331 e. The molecule has 24 heavy (non-hydrogen) atoms. The highest BCUT2D eigenvalue weighted by Crippen LogP contribution is 2.14. The minimum absolute atomic E-state index is 0.0306. The van der Waals surface area contributed by atoms with E-state index in [-0.39, 0.29) is 6.42 Å². The van der Waals surface area contributed by atoms with E-state index >= 15 is 0 Å². The van der Waals surface area contributed by atoms with Crippen molar-refractivity contribution in [2.24, 2.45) is 0 Å². The average Bonchev–Trinajstić information content (AvgIpc) is 2.46. The summed E-state index contributed by atoms with van der Waals surface area (Å²) in [7, 11) is 0. The molecule has 0 unspecified atom stereocenters. The summed E-state index contributed by atoms with van der Waals surface area (Å²) >= 11 is 0. The normalized spacial score (nSPS) is 24.1. The van der Waals surface area contributed by atoms with Crippen LogP contribution >= 0.6 is 0 Å². The van der Waals surface area contributed by atoms with Crippen LogP contribution in [0.15, 0.2) is 24.3 Å². The molecule has 0 bridgehead atoms. The second-order valence-electron chi connectivity index (χ2n) is 5.40. The van der Waals surface area contributed by atoms with Gasteiger partial charge in [0.15, 0.2) is 0 Å². The maximum absolute atomic E-state index is 11.2. The van der Waals surface area contributed by atoms with Crippen molar-refractivity contribution < 1.29 is 38.8 Å². The van der Waals surface area contributed by atoms with Gasteiger partial charge in [-0.1, -0.05) is 0 Å². The number of carbonyl (C=O) groups is 3. The minimum Gasteiger partial charge on any atom is -0.460 e. The zero-order valence-corrected chi connectivity index (χ0v) is 13.7. The number of carbonyl (C=O) groups excluding carboxylic acids is 3. The van der Waals surface area contributed by atoms with Crippen LogP contribution in [0.25, 0.3) is 0 Å². The second kappa shape index (κ2) is 9.19. The molecular formula is C16H22O8. The number of ether oxygens (including phenoxy) is 3. The van der Waals surface area contributed by atoms with Crippen molar-refractivity contribution >= 4 is 17.9 Å². The van der Waals surface area contributed by atoms with Gasteiger partial charge in [0.2, 0.25) is 0 Å². The van der Waals surface area contributed by atoms with Crippen molar-refractivity contribution in [3.8, 4) is 0 Å². The van der Waals surface area contributed by atoms with Crippen LogP contribution < -0.4 is 0 Å². The Morgan fingerprint density at radius 3 is 2.54 bits per heavy atom. The number of esters is 3. The molecule has 0 amide bonds. The summed E-state index contributed by atoms with van der Waals surface area (Å²) in [6.45, 7) is 3.94. The third kappa shape index (κ3) is 6.93. The van der Waals surface area contributed by atoms with Gasteiger partial charge in [0.25, 0.3) is 0 Å². The number of hydrogen-bond acceptors (Lipinski definition) is 8. The lowest BCUT2D eigenvalue weighted by atomic mass is 10.0. The lowest BCUT2D eigenvalue weighted by Gasteiger charge is -2.24. The fraction of sp³-hybridized carbons (Fsp3) is 0.562. The summed E-state index contributed by atoms with van der Waals surface area (Å²) in [4.78, 5) is 33.3. The summed E-state index contributed by atoms with van der Waals surface area (Å²) in [5, 5.41) is 19.8. The maximum atomic E-state index is 11.2. The van der Waals surface area contributed by atoms with Gasteiger partial charge in [-0.05, 0) is 25.2 Å². The van der Waals surface area contributed by atoms with Gasteiger partial charge in [-0.25, -0.2) is 4.79 Å². The van der Waals surface area contributed by atoms with E-state index in [2.05, 4.69) is 0 Å². The van der Waals surface area contributed by atoms with Gasteiger partial charge in [-0.2, -0.15) is 0 Å². The molecule has 8 heteroatoms. The molecule has 0 aromatic carbocycles. The molecule has 0 aliphatic carbocycles. The number of aliphatic hydroxyl groups is 2. The van der Waals surface area contributed by atoms with E-state index in [0.717, 1.165) is 6.08 Å². The maximum Gasteiger partial charge on any atom is 0.331 e. The molecule has 134 valence electrons. The largest absolute Gasteiger partial charge is 0.460 e. The lowest BCUT2D eigenvalue weighted by Crippen LogP contribution is -2.33. The molecule has 1 heterocycles. The minimum atomic E-state index is -1.07. The van der Waals surface area contributed by atoms with Crippen LogP contribution in [0, 0.1) is 0 Å². The van der Waals surface area contributed by atoms with Gasteiger partial charge in [0, 0.05) is 26.3 Å². The van der Waals surface area contributed by atoms with Crippen molar-refractivity contribution in [3.63, 3.8) is 0 Å². The molecule has 5 atom stereocenters. The standard InChI is InChI=1S/C16H22O8/c1-9(22-10(2)17)14(20)8-12(23-11(3)18)4-6-15-13(19)5-7-16(21)24-15/h4-7,9,12-15,19-20H,8H2,1-3H3/b6-4+/t9-,12+,13-,14+,15-/m0/s1. The SMILES string of the molecule is CC(=O)O[C@H](/C=C/[C@@H]1OC(=O)C=C[C@@H]1O)C[C@@H](O)[C@H](C)OC(C)=O. The molecular weight excluding hydrogens is 320 g/mol. The summed E-state index contributed by atoms with van der Waals surface area (Å²) in [6.07, 6.45) is 0.544. The van der Waals surface area contributed by atoms with Crippen molar-refractivity contribution in [2.45, 2.75) is 57.7 Å². The zero-order chi connectivity index (χ0) is 18.3. The van der Waals surface area contributed by atoms with E-state index in [1.165, 1.54) is 39.0 Å². The Labute approximate surface area is 139 Å². The highest BCUT2D eigenvalue weighted by Gasteiger charge is 2.25. The van der Waals surface area contributed by atoms with E-state index in [1.54, 1.807) is 0 Å². The van der Waals surface area contributed by atoms with Crippen LogP contribution in [-0.2, 0) is 28.6 Å². The summed E-state index contributed by atoms with van der Waals surface area (Å²) < 4.78 is 14.9. The van der Waals surface area contributed by atoms with Gasteiger partial charge in [-0.3, -0.25) is 9.59 Å². The van der Waals surface area contributed by atoms with E-state index in [4.69, 9.17) is 14.2 Å². The average molecular weight is 342 g/mol. The highest BCUT2D eigenvalue weighted by molar-refractivity contribution is 5.83. The van der Waals surface area contributed by atoms with Crippen LogP contribution in [-0.4, -0.2) is 58.6 Å². The van der Waals surface area contributed by atoms with Crippen LogP contribution in [0.2, 0.25) is 0 Å². The number of cyclic esters (lactones) is 1. The monoisotopic (exact) mass is 342 g/mol. The molecule has 0 aromatic heterocycles. The zero-order valence-electron chi connectivity index (χ0n) is 13.7. The molecule has 8 nitrogen and oxygen atoms in total. The number of hydrogen-bond donors (Lipinski definition) is 2. The Morgan fingerprint density at radius 1 is 1.33 bits per heavy atom. The summed E-state index contributed by atoms with van der Waals surface area (Å²) in [5.41, 5.74) is 0. The quantitative estimate of drug-likeness (QED) is 0.377. The van der Waals surface area contributed by atoms with Crippen LogP contribution in [0.3, 0.4) is 0 Å². The first-order chi connectivity index (χ1) is 11.2. The molecule has 0 spiro atoms. The van der Waals surface area contributed by atoms with E-state index in [0.29, 0.717) is 0 Å². The van der Waals surface area contributed by atoms with Crippen LogP contribution in [0.4, 0.5) is 0 Å². The van der Waals surface area contributed by atoms with Crippen molar-refractivity contribution in [3.05, 3.63) is 24.3 Å². The Balaban J connectivity index is 2.72. The number of aliphatic hydroxyl groups excluding tert-OH is 2. The van der Waals surface area contributed by atoms with Gasteiger partial charge in [0.1, 0.15) is 24.4 Å². The van der Waals surface area contributed by atoms with Crippen molar-refractivity contribution in [1.82, 2.24) is 0 Å². The van der Waals surface area contributed by atoms with Gasteiger partial charge in [0.05, 0.1) is 6.10 Å². The molecule has 2 N–H and O–H groups in total. The molecule has 0 radical (unpaired) electrons. The van der Waals surface area contributed by atoms with Gasteiger partial charge in [-0.15, -0.1) is 0 Å². The van der Waals surface area contributed by atoms with E-state index in [9.17, 15) is 24.6 Å². The second-order valence-corrected chi connectivity index (χ2v) is 5.40. The first-order valence-electron chi connectivity index (χ1n) is 7.46. The fourth-order valence-electron chi connectivity index (χ4n) is 2.07. The van der Waals surface area contributed by atoms with Crippen molar-refractivity contribution in [1.29, 1.82) is 0 Å². The Kier molecular flexibility index (Phi) is 7.60. The van der Waals surface area contributed by atoms with Crippen LogP contribution in [0.1, 0.15) is 27.2 Å². The highest BCUT2D eigenvalue weighted by atomic mass is 16.6. The molecule has 0 aromatic rings. The molecule has 0 saturated heterocycles. The third-order valence-electron chi connectivity index (χ3n) is 3.22. The first kappa shape index (κ1) is 19.9. The fourth-order valence-corrected chi connectivity index (χ4v) is 2.07. The summed E-state index contributed by atoms with van der Waals surface area (Å²) in [5.74, 6) is -1.70. The van der Waals surface area contributed by atoms with E-state index < -0.39 is 48.4 Å². The van der Waals surface area contributed by atoms with Gasteiger partial charge < -0.3 is 24.4 Å². The Hall–Kier alpha value is -2.19. The van der Waals surface area contributed by atoms with E-state index in [1.807, 2.05) is 0 Å². The topological polar surface area (TPSA) is 119 Å². The van der Waals surface area contributed by atoms with Gasteiger partial charge >= 0.3 is 17.9 Å². The molecule has 1 aliphatic heterocycles. The predicted molar refractivity (Wildman–Crippen MR) is 81.6 cm³/mol. The molecule has 0 fully saturated rings. The molecule has 1 aliphatic rings. The van der Waals surface area contributed by atoms with Crippen LogP contribution in [0.5, 0.6) is 0 Å². The predicted octanol–water partition coefficient (Wildman–Crippen LogP) is 0.0194. The Morgan fingerprint density at radius 2 is 1.96 bits per heavy atom. The molecule has 0 saturated carbocycles. The third-order valence-corrected chi connectivity index (χ3v) is 3.22. The number of rotatable bonds is 7. The summed E-state index contributed by atoms with van der Waals surface area (Å²) in [6, 6.07) is 0. The lowest BCUT2D eigenvalue weighted by molar-refractivity contribution is -0.155. The Bertz CT molecular complexity index is 524. The first-order valence-corrected chi connectivity index (χ1v) is 7.46. The van der Waals surface area contributed by atoms with Crippen molar-refractivity contribution in [2.75, 3.05) is 0 Å².